The Hall–Kier alpha value is -1.64. The molecule has 3 rings (SSSR count). The number of aromatic nitrogens is 1. The summed E-state index contributed by atoms with van der Waals surface area (Å²) in [7, 11) is 0. The first kappa shape index (κ1) is 14.3. The Kier molecular flexibility index (Phi) is 3.19. The summed E-state index contributed by atoms with van der Waals surface area (Å²) in [6.45, 7) is 8.15. The van der Waals surface area contributed by atoms with E-state index in [2.05, 4.69) is 24.5 Å². The number of ketones is 2. The number of hydrogen-bond acceptors (Lipinski definition) is 2. The highest BCUT2D eigenvalue weighted by molar-refractivity contribution is 6.25. The Balaban J connectivity index is 1.97. The van der Waals surface area contributed by atoms with Crippen molar-refractivity contribution in [2.24, 2.45) is 5.41 Å². The minimum Gasteiger partial charge on any atom is -0.346 e. The van der Waals surface area contributed by atoms with Crippen molar-refractivity contribution in [1.29, 1.82) is 0 Å². The van der Waals surface area contributed by atoms with E-state index in [1.54, 1.807) is 0 Å². The fraction of sp³-hybridized carbons (Fsp3) is 0.556. The predicted octanol–water partition coefficient (Wildman–Crippen LogP) is 3.78. The lowest BCUT2D eigenvalue weighted by atomic mass is 9.74. The standard InChI is InChI=1S/C18H23NO2/c1-11-7-13(12(2)19(11)14-5-6-14)8-15-16(20)9-18(3,4)10-17(15)21/h7-8,14H,5-6,9-10H2,1-4H3. The van der Waals surface area contributed by atoms with Crippen molar-refractivity contribution in [3.05, 3.63) is 28.6 Å². The van der Waals surface area contributed by atoms with Crippen LogP contribution in [0, 0.1) is 19.3 Å². The molecule has 0 atom stereocenters. The molecular formula is C18H23NO2. The van der Waals surface area contributed by atoms with Crippen molar-refractivity contribution in [2.75, 3.05) is 0 Å². The van der Waals surface area contributed by atoms with Crippen LogP contribution < -0.4 is 0 Å². The van der Waals surface area contributed by atoms with Crippen LogP contribution in [0.3, 0.4) is 0 Å². The molecule has 1 aromatic rings. The number of rotatable bonds is 2. The van der Waals surface area contributed by atoms with Gasteiger partial charge in [-0.1, -0.05) is 13.8 Å². The van der Waals surface area contributed by atoms with E-state index in [-0.39, 0.29) is 17.0 Å². The van der Waals surface area contributed by atoms with Crippen molar-refractivity contribution in [3.63, 3.8) is 0 Å². The molecule has 0 spiro atoms. The minimum absolute atomic E-state index is 0.00697. The van der Waals surface area contributed by atoms with E-state index in [9.17, 15) is 9.59 Å². The molecule has 1 heterocycles. The Morgan fingerprint density at radius 1 is 1.14 bits per heavy atom. The van der Waals surface area contributed by atoms with Crippen molar-refractivity contribution >= 4 is 17.6 Å². The summed E-state index contributed by atoms with van der Waals surface area (Å²) in [6, 6.07) is 2.72. The number of carbonyl (C=O) groups excluding carboxylic acids is 2. The molecule has 3 heteroatoms. The van der Waals surface area contributed by atoms with Crippen LogP contribution in [0.15, 0.2) is 11.6 Å². The minimum atomic E-state index is -0.198. The molecule has 0 aliphatic heterocycles. The average Bonchev–Trinajstić information content (AvgIpc) is 3.11. The molecule has 2 aliphatic carbocycles. The number of hydrogen-bond donors (Lipinski definition) is 0. The second kappa shape index (κ2) is 4.69. The highest BCUT2D eigenvalue weighted by atomic mass is 16.1. The fourth-order valence-electron chi connectivity index (χ4n) is 3.44. The largest absolute Gasteiger partial charge is 0.346 e. The second-order valence-electron chi connectivity index (χ2n) is 7.35. The maximum absolute atomic E-state index is 12.3. The topological polar surface area (TPSA) is 39.1 Å². The molecule has 2 saturated carbocycles. The van der Waals surface area contributed by atoms with Gasteiger partial charge >= 0.3 is 0 Å². The third kappa shape index (κ3) is 2.61. The van der Waals surface area contributed by atoms with Gasteiger partial charge in [-0.3, -0.25) is 9.59 Å². The Morgan fingerprint density at radius 3 is 2.24 bits per heavy atom. The molecule has 0 saturated heterocycles. The predicted molar refractivity (Wildman–Crippen MR) is 83.2 cm³/mol. The van der Waals surface area contributed by atoms with Gasteiger partial charge in [-0.25, -0.2) is 0 Å². The smallest absolute Gasteiger partial charge is 0.167 e. The van der Waals surface area contributed by atoms with Gasteiger partial charge in [-0.05, 0) is 49.8 Å². The van der Waals surface area contributed by atoms with Crippen LogP contribution in [0.25, 0.3) is 6.08 Å². The van der Waals surface area contributed by atoms with E-state index < -0.39 is 0 Å². The lowest BCUT2D eigenvalue weighted by Gasteiger charge is -2.28. The summed E-state index contributed by atoms with van der Waals surface area (Å²) in [5.74, 6) is -0.0139. The van der Waals surface area contributed by atoms with Gasteiger partial charge in [0.1, 0.15) is 0 Å². The van der Waals surface area contributed by atoms with E-state index in [1.165, 1.54) is 24.2 Å². The first-order valence-electron chi connectivity index (χ1n) is 7.75. The van der Waals surface area contributed by atoms with Crippen LogP contribution in [0.2, 0.25) is 0 Å². The monoisotopic (exact) mass is 285 g/mol. The number of nitrogens with zero attached hydrogens (tertiary/aromatic N) is 1. The maximum Gasteiger partial charge on any atom is 0.167 e. The van der Waals surface area contributed by atoms with Crippen LogP contribution in [-0.2, 0) is 9.59 Å². The summed E-state index contributed by atoms with van der Waals surface area (Å²) in [5.41, 5.74) is 3.61. The number of allylic oxidation sites excluding steroid dienone is 1. The highest BCUT2D eigenvalue weighted by Gasteiger charge is 2.35. The molecule has 0 amide bonds. The number of carbonyl (C=O) groups is 2. The molecule has 0 bridgehead atoms. The van der Waals surface area contributed by atoms with Crippen LogP contribution in [0.1, 0.15) is 62.5 Å². The summed E-state index contributed by atoms with van der Waals surface area (Å²) >= 11 is 0. The molecule has 2 fully saturated rings. The van der Waals surface area contributed by atoms with E-state index in [1.807, 2.05) is 19.9 Å². The van der Waals surface area contributed by atoms with Crippen LogP contribution in [0.5, 0.6) is 0 Å². The van der Waals surface area contributed by atoms with Crippen molar-refractivity contribution in [3.8, 4) is 0 Å². The van der Waals surface area contributed by atoms with Gasteiger partial charge in [-0.15, -0.1) is 0 Å². The lowest BCUT2D eigenvalue weighted by molar-refractivity contribution is -0.127. The van der Waals surface area contributed by atoms with Crippen molar-refractivity contribution < 1.29 is 9.59 Å². The molecule has 21 heavy (non-hydrogen) atoms. The van der Waals surface area contributed by atoms with E-state index in [0.29, 0.717) is 24.5 Å². The summed E-state index contributed by atoms with van der Waals surface area (Å²) in [6.07, 6.45) is 5.22. The second-order valence-corrected chi connectivity index (χ2v) is 7.35. The molecule has 2 aliphatic rings. The molecule has 0 unspecified atom stereocenters. The molecule has 0 radical (unpaired) electrons. The van der Waals surface area contributed by atoms with E-state index >= 15 is 0 Å². The molecule has 0 aromatic carbocycles. The highest BCUT2D eigenvalue weighted by Crippen LogP contribution is 2.39. The quantitative estimate of drug-likeness (QED) is 0.612. The van der Waals surface area contributed by atoms with Gasteiger partial charge in [0.2, 0.25) is 0 Å². The van der Waals surface area contributed by atoms with E-state index in [4.69, 9.17) is 0 Å². The zero-order valence-corrected chi connectivity index (χ0v) is 13.3. The summed E-state index contributed by atoms with van der Waals surface area (Å²) in [4.78, 5) is 24.6. The van der Waals surface area contributed by atoms with Gasteiger partial charge in [-0.2, -0.15) is 0 Å². The summed E-state index contributed by atoms with van der Waals surface area (Å²) in [5, 5.41) is 0. The SMILES string of the molecule is Cc1cc(C=C2C(=O)CC(C)(C)CC2=O)c(C)n1C1CC1. The average molecular weight is 285 g/mol. The van der Waals surface area contributed by atoms with Crippen molar-refractivity contribution in [1.82, 2.24) is 4.57 Å². The fourth-order valence-corrected chi connectivity index (χ4v) is 3.44. The number of Topliss-reactive ketones (excluding diaryl/α,β-unsaturated/α-hetero) is 2. The lowest BCUT2D eigenvalue weighted by Crippen LogP contribution is -2.31. The first-order chi connectivity index (χ1) is 9.78. The van der Waals surface area contributed by atoms with Crippen LogP contribution in [0.4, 0.5) is 0 Å². The van der Waals surface area contributed by atoms with Gasteiger partial charge in [0.05, 0.1) is 5.57 Å². The molecular weight excluding hydrogens is 262 g/mol. The molecule has 0 N–H and O–H groups in total. The van der Waals surface area contributed by atoms with Gasteiger partial charge in [0.25, 0.3) is 0 Å². The van der Waals surface area contributed by atoms with Crippen molar-refractivity contribution in [2.45, 2.75) is 59.4 Å². The Morgan fingerprint density at radius 2 is 1.71 bits per heavy atom. The first-order valence-corrected chi connectivity index (χ1v) is 7.75. The van der Waals surface area contributed by atoms with Gasteiger partial charge in [0, 0.05) is 30.3 Å². The number of aryl methyl sites for hydroxylation is 1. The normalized spacial score (nSPS) is 21.8. The summed E-state index contributed by atoms with van der Waals surface area (Å²) < 4.78 is 2.34. The van der Waals surface area contributed by atoms with E-state index in [0.717, 1.165) is 5.56 Å². The zero-order valence-electron chi connectivity index (χ0n) is 13.3. The zero-order chi connectivity index (χ0) is 15.4. The molecule has 1 aromatic heterocycles. The Bertz CT molecular complexity index is 635. The van der Waals surface area contributed by atoms with Crippen LogP contribution >= 0.6 is 0 Å². The third-order valence-corrected chi connectivity index (χ3v) is 4.61. The van der Waals surface area contributed by atoms with Crippen LogP contribution in [-0.4, -0.2) is 16.1 Å². The maximum atomic E-state index is 12.3. The van der Waals surface area contributed by atoms with Gasteiger partial charge in [0.15, 0.2) is 11.6 Å². The third-order valence-electron chi connectivity index (χ3n) is 4.61. The molecule has 3 nitrogen and oxygen atoms in total. The Labute approximate surface area is 126 Å². The van der Waals surface area contributed by atoms with Gasteiger partial charge < -0.3 is 4.57 Å². The molecule has 112 valence electrons.